The number of aliphatic hydroxyl groups is 3. The first-order valence-corrected chi connectivity index (χ1v) is 15.0. The Morgan fingerprint density at radius 3 is 2.29 bits per heavy atom. The number of hydrogen-bond acceptors (Lipinski definition) is 15. The van der Waals surface area contributed by atoms with Gasteiger partial charge in [0, 0.05) is 5.92 Å². The molecule has 4 saturated heterocycles. The van der Waals surface area contributed by atoms with Crippen LogP contribution in [0.15, 0.2) is 5.18 Å². The third kappa shape index (κ3) is 4.81. The maximum Gasteiger partial charge on any atom is 0.309 e. The summed E-state index contributed by atoms with van der Waals surface area (Å²) in [5.74, 6) is 3.62. The van der Waals surface area contributed by atoms with E-state index in [1.807, 2.05) is 0 Å². The third-order valence-corrected chi connectivity index (χ3v) is 10.9. The van der Waals surface area contributed by atoms with Gasteiger partial charge in [-0.3, -0.25) is 9.63 Å². The summed E-state index contributed by atoms with van der Waals surface area (Å²) in [4.78, 5) is 30.7. The first kappa shape index (κ1) is 29.3. The van der Waals surface area contributed by atoms with Gasteiger partial charge in [0.25, 0.3) is 0 Å². The summed E-state index contributed by atoms with van der Waals surface area (Å²) in [5.41, 5.74) is 0. The van der Waals surface area contributed by atoms with E-state index in [0.717, 1.165) is 0 Å². The Labute approximate surface area is 242 Å². The lowest BCUT2D eigenvalue weighted by molar-refractivity contribution is -0.356. The summed E-state index contributed by atoms with van der Waals surface area (Å²) in [6.07, 6.45) is -6.78. The van der Waals surface area contributed by atoms with E-state index in [4.69, 9.17) is 43.9 Å². The second kappa shape index (κ2) is 11.5. The van der Waals surface area contributed by atoms with Crippen molar-refractivity contribution in [1.82, 2.24) is 0 Å². The number of carbonyl (C=O) groups excluding carboxylic acids is 1. The lowest BCUT2D eigenvalue weighted by atomic mass is 9.52. The zero-order valence-corrected chi connectivity index (χ0v) is 23.3. The van der Waals surface area contributed by atoms with E-state index >= 15 is 0 Å². The van der Waals surface area contributed by atoms with Crippen LogP contribution < -0.4 is 5.90 Å². The van der Waals surface area contributed by atoms with Gasteiger partial charge in [0.05, 0.1) is 49.7 Å². The van der Waals surface area contributed by atoms with Gasteiger partial charge < -0.3 is 48.5 Å². The molecule has 7 fully saturated rings. The third-order valence-electron chi connectivity index (χ3n) is 10.9. The fourth-order valence-electron chi connectivity index (χ4n) is 9.08. The number of nitrogens with two attached hydrogens (primary N) is 1. The van der Waals surface area contributed by atoms with Crippen LogP contribution in [-0.2, 0) is 42.8 Å². The molecule has 0 aromatic carbocycles. The normalized spacial score (nSPS) is 55.6. The zero-order valence-electron chi connectivity index (χ0n) is 23.3. The van der Waals surface area contributed by atoms with Crippen molar-refractivity contribution in [2.75, 3.05) is 20.0 Å². The fraction of sp³-hybridized carbons (Fsp3) is 0.963. The molecular formula is C27H40N2O13. The molecule has 6 unspecified atom stereocenters. The van der Waals surface area contributed by atoms with Crippen LogP contribution in [0.1, 0.15) is 32.6 Å². The average Bonchev–Trinajstić information content (AvgIpc) is 3.60. The SMILES string of the molecule is C[C@@H]1OC[C@H]2O[C@@H](O[C@@H]3C4CC5OCOC5CC4[C@@H](C4CC(O)C(O)C(O)C4)[C@H]4C(=O)OC[C@@H]43)[C@H](ON)[C@@H](N=O)[C@@H]2O1. The topological polar surface area (TPSA) is 207 Å². The molecule has 15 heteroatoms. The molecule has 0 radical (unpaired) electrons. The molecule has 0 aromatic rings. The van der Waals surface area contributed by atoms with E-state index in [0.29, 0.717) is 12.8 Å². The Kier molecular flexibility index (Phi) is 8.05. The van der Waals surface area contributed by atoms with Crippen LogP contribution in [-0.4, -0.2) is 115 Å². The molecular weight excluding hydrogens is 560 g/mol. The van der Waals surface area contributed by atoms with E-state index in [-0.39, 0.29) is 80.6 Å². The van der Waals surface area contributed by atoms with Crippen molar-refractivity contribution in [2.24, 2.45) is 46.6 Å². The van der Waals surface area contributed by atoms with Gasteiger partial charge in [-0.1, -0.05) is 5.18 Å². The summed E-state index contributed by atoms with van der Waals surface area (Å²) in [6.45, 7) is 2.17. The van der Waals surface area contributed by atoms with E-state index in [9.17, 15) is 25.0 Å². The summed E-state index contributed by atoms with van der Waals surface area (Å²) in [5, 5.41) is 34.7. The zero-order chi connectivity index (χ0) is 29.3. The van der Waals surface area contributed by atoms with E-state index < -0.39 is 67.3 Å². The van der Waals surface area contributed by atoms with Gasteiger partial charge in [-0.25, -0.2) is 5.90 Å². The quantitative estimate of drug-likeness (QED) is 0.168. The number of nitrogens with zero attached hydrogens (tertiary/aromatic N) is 1. The molecule has 0 aromatic heterocycles. The van der Waals surface area contributed by atoms with Crippen LogP contribution >= 0.6 is 0 Å². The Morgan fingerprint density at radius 1 is 0.881 bits per heavy atom. The smallest absolute Gasteiger partial charge is 0.309 e. The molecule has 4 heterocycles. The molecule has 3 aliphatic carbocycles. The number of carbonyl (C=O) groups is 1. The standard InChI is InChI=1S/C27H40N2O13/c1-9-35-7-18-24(39-9)21(29-34)25(42-28)27(40-18)41-23-12-5-17-16(37-8-38-17)4-11(12)19(20-13(23)6-36-26(20)33)10-2-14(30)22(32)15(31)3-10/h9-25,27,30-32H,2-8,28H2,1H3/t9-,10?,11?,12?,13+,14?,15?,16?,17?,18-,19-,20+,21+,22?,23-,24-,25-,27+/m1/s1. The number of rotatable bonds is 5. The number of fused-ring (bicyclic) bond motifs is 4. The monoisotopic (exact) mass is 600 g/mol. The Hall–Kier alpha value is -1.37. The molecule has 42 heavy (non-hydrogen) atoms. The Bertz CT molecular complexity index is 1010. The maximum atomic E-state index is 13.4. The van der Waals surface area contributed by atoms with E-state index in [1.54, 1.807) is 6.92 Å². The largest absolute Gasteiger partial charge is 0.465 e. The molecule has 7 rings (SSSR count). The van der Waals surface area contributed by atoms with E-state index in [2.05, 4.69) is 5.18 Å². The molecule has 0 spiro atoms. The molecule has 15 nitrogen and oxygen atoms in total. The highest BCUT2D eigenvalue weighted by molar-refractivity contribution is 5.75. The second-order valence-corrected chi connectivity index (χ2v) is 12.9. The Balaban J connectivity index is 1.21. The minimum absolute atomic E-state index is 0.111. The van der Waals surface area contributed by atoms with Crippen molar-refractivity contribution >= 4 is 5.97 Å². The number of aliphatic hydroxyl groups excluding tert-OH is 3. The van der Waals surface area contributed by atoms with Crippen molar-refractivity contribution in [3.63, 3.8) is 0 Å². The highest BCUT2D eigenvalue weighted by Crippen LogP contribution is 2.58. The summed E-state index contributed by atoms with van der Waals surface area (Å²) < 4.78 is 41.8. The lowest BCUT2D eigenvalue weighted by Crippen LogP contribution is -2.65. The van der Waals surface area contributed by atoms with Crippen LogP contribution in [0.25, 0.3) is 0 Å². The lowest BCUT2D eigenvalue weighted by Gasteiger charge is -2.56. The van der Waals surface area contributed by atoms with Crippen LogP contribution in [0, 0.1) is 40.4 Å². The summed E-state index contributed by atoms with van der Waals surface area (Å²) in [6, 6.07) is -1.02. The highest BCUT2D eigenvalue weighted by Gasteiger charge is 2.63. The van der Waals surface area contributed by atoms with Crippen molar-refractivity contribution in [3.8, 4) is 0 Å². The van der Waals surface area contributed by atoms with Crippen LogP contribution in [0.3, 0.4) is 0 Å². The van der Waals surface area contributed by atoms with Gasteiger partial charge in [-0.05, 0) is 56.3 Å². The first-order valence-electron chi connectivity index (χ1n) is 15.0. The molecule has 0 bridgehead atoms. The maximum absolute atomic E-state index is 13.4. The summed E-state index contributed by atoms with van der Waals surface area (Å²) >= 11 is 0. The van der Waals surface area contributed by atoms with Gasteiger partial charge >= 0.3 is 5.97 Å². The number of esters is 1. The van der Waals surface area contributed by atoms with Gasteiger partial charge in [0.2, 0.25) is 0 Å². The van der Waals surface area contributed by atoms with Crippen LogP contribution in [0.5, 0.6) is 0 Å². The molecule has 5 N–H and O–H groups in total. The van der Waals surface area contributed by atoms with Crippen LogP contribution in [0.2, 0.25) is 0 Å². The minimum atomic E-state index is -1.24. The van der Waals surface area contributed by atoms with Crippen molar-refractivity contribution < 1.29 is 58.1 Å². The molecule has 236 valence electrons. The highest BCUT2D eigenvalue weighted by atomic mass is 16.8. The predicted molar refractivity (Wildman–Crippen MR) is 135 cm³/mol. The van der Waals surface area contributed by atoms with Crippen LogP contribution in [0.4, 0.5) is 0 Å². The Morgan fingerprint density at radius 2 is 1.60 bits per heavy atom. The molecule has 4 aliphatic heterocycles. The number of ether oxygens (including phenoxy) is 7. The predicted octanol–water partition coefficient (Wildman–Crippen LogP) is -1.07. The molecule has 16 atom stereocenters. The van der Waals surface area contributed by atoms with Crippen molar-refractivity contribution in [3.05, 3.63) is 4.91 Å². The van der Waals surface area contributed by atoms with Gasteiger partial charge in [0.15, 0.2) is 24.7 Å². The van der Waals surface area contributed by atoms with Crippen molar-refractivity contribution in [2.45, 2.75) is 106 Å². The van der Waals surface area contributed by atoms with E-state index in [1.165, 1.54) is 0 Å². The fourth-order valence-corrected chi connectivity index (χ4v) is 9.08. The summed E-state index contributed by atoms with van der Waals surface area (Å²) in [7, 11) is 0. The number of nitroso groups, excluding NO2 is 1. The molecule has 7 aliphatic rings. The molecule has 3 saturated carbocycles. The second-order valence-electron chi connectivity index (χ2n) is 12.9. The molecule has 0 amide bonds. The first-order chi connectivity index (χ1) is 20.3. The van der Waals surface area contributed by atoms with Gasteiger partial charge in [-0.2, -0.15) is 4.91 Å². The minimum Gasteiger partial charge on any atom is -0.465 e. The number of cyclic esters (lactones) is 1. The average molecular weight is 601 g/mol. The van der Waals surface area contributed by atoms with Crippen molar-refractivity contribution in [1.29, 1.82) is 0 Å². The van der Waals surface area contributed by atoms with Gasteiger partial charge in [-0.15, -0.1) is 0 Å². The number of hydrogen-bond donors (Lipinski definition) is 4. The van der Waals surface area contributed by atoms with Gasteiger partial charge in [0.1, 0.15) is 25.1 Å².